The number of carbonyl (C=O) groups excluding carboxylic acids is 1. The van der Waals surface area contributed by atoms with E-state index in [1.807, 2.05) is 0 Å². The number of aliphatic hydroxyl groups is 4. The van der Waals surface area contributed by atoms with Crippen LogP contribution in [0, 0.1) is 0 Å². The van der Waals surface area contributed by atoms with E-state index in [4.69, 9.17) is 5.11 Å². The van der Waals surface area contributed by atoms with Gasteiger partial charge in [0.2, 0.25) is 5.91 Å². The highest BCUT2D eigenvalue weighted by atomic mass is 16.4. The lowest BCUT2D eigenvalue weighted by atomic mass is 9.88. The molecule has 6 nitrogen and oxygen atoms in total. The van der Waals surface area contributed by atoms with Crippen molar-refractivity contribution in [2.75, 3.05) is 6.61 Å². The predicted octanol–water partition coefficient (Wildman–Crippen LogP) is -2.49. The summed E-state index contributed by atoms with van der Waals surface area (Å²) in [6.07, 6.45) is -2.63. The smallest absolute Gasteiger partial charge is 0.217 e. The van der Waals surface area contributed by atoms with Gasteiger partial charge in [0.25, 0.3) is 0 Å². The van der Waals surface area contributed by atoms with Crippen molar-refractivity contribution in [3.05, 3.63) is 11.6 Å². The molecule has 5 N–H and O–H groups in total. The zero-order valence-corrected chi connectivity index (χ0v) is 8.29. The highest BCUT2D eigenvalue weighted by Crippen LogP contribution is 2.19. The maximum atomic E-state index is 10.8. The predicted molar refractivity (Wildman–Crippen MR) is 50.8 cm³/mol. The first kappa shape index (κ1) is 12.1. The van der Waals surface area contributed by atoms with E-state index in [-0.39, 0.29) is 11.5 Å². The molecule has 86 valence electrons. The minimum absolute atomic E-state index is 0.187. The molecule has 0 aromatic rings. The van der Waals surface area contributed by atoms with Gasteiger partial charge in [-0.25, -0.2) is 0 Å². The standard InChI is InChI=1S/C9H15NO5/c1-4(12)10-6-2-5(3-11)7(13)9(15)8(6)14/h2,6-9,11,13-15H,3H2,1H3,(H,10,12). The molecule has 4 atom stereocenters. The molecule has 15 heavy (non-hydrogen) atoms. The van der Waals surface area contributed by atoms with Crippen LogP contribution < -0.4 is 5.32 Å². The molecule has 1 aliphatic carbocycles. The Kier molecular flexibility index (Phi) is 3.81. The quantitative estimate of drug-likeness (QED) is 0.329. The van der Waals surface area contributed by atoms with Gasteiger partial charge in [0.15, 0.2) is 0 Å². The van der Waals surface area contributed by atoms with Crippen LogP contribution in [-0.4, -0.2) is 57.3 Å². The number of nitrogens with one attached hydrogen (secondary N) is 1. The number of amides is 1. The normalized spacial score (nSPS) is 35.9. The van der Waals surface area contributed by atoms with Crippen molar-refractivity contribution < 1.29 is 25.2 Å². The first-order chi connectivity index (χ1) is 6.97. The second kappa shape index (κ2) is 4.71. The molecule has 6 heteroatoms. The lowest BCUT2D eigenvalue weighted by Crippen LogP contribution is -2.54. The van der Waals surface area contributed by atoms with Crippen LogP contribution in [-0.2, 0) is 4.79 Å². The summed E-state index contributed by atoms with van der Waals surface area (Å²) in [5.74, 6) is -0.365. The molecule has 0 radical (unpaired) electrons. The van der Waals surface area contributed by atoms with Gasteiger partial charge in [0, 0.05) is 6.92 Å². The Bertz CT molecular complexity index is 278. The molecule has 0 aromatic heterocycles. The molecular weight excluding hydrogens is 202 g/mol. The zero-order valence-electron chi connectivity index (χ0n) is 8.29. The maximum absolute atomic E-state index is 10.8. The van der Waals surface area contributed by atoms with Crippen molar-refractivity contribution >= 4 is 5.91 Å². The van der Waals surface area contributed by atoms with Crippen molar-refractivity contribution in [2.24, 2.45) is 0 Å². The van der Waals surface area contributed by atoms with Crippen LogP contribution in [0.3, 0.4) is 0 Å². The Morgan fingerprint density at radius 2 is 2.00 bits per heavy atom. The Morgan fingerprint density at radius 3 is 2.47 bits per heavy atom. The first-order valence-electron chi connectivity index (χ1n) is 4.60. The van der Waals surface area contributed by atoms with Crippen LogP contribution in [0.15, 0.2) is 11.6 Å². The molecular formula is C9H15NO5. The summed E-state index contributed by atoms with van der Waals surface area (Å²) in [5.41, 5.74) is 0.187. The monoisotopic (exact) mass is 217 g/mol. The van der Waals surface area contributed by atoms with Gasteiger partial charge in [-0.2, -0.15) is 0 Å². The average Bonchev–Trinajstić information content (AvgIpc) is 2.18. The van der Waals surface area contributed by atoms with Crippen molar-refractivity contribution in [1.82, 2.24) is 5.32 Å². The highest BCUT2D eigenvalue weighted by molar-refractivity contribution is 5.73. The molecule has 1 amide bonds. The van der Waals surface area contributed by atoms with E-state index < -0.39 is 31.0 Å². The molecule has 0 spiro atoms. The highest BCUT2D eigenvalue weighted by Gasteiger charge is 2.37. The summed E-state index contributed by atoms with van der Waals surface area (Å²) in [5, 5.41) is 39.6. The number of aliphatic hydroxyl groups excluding tert-OH is 4. The molecule has 4 unspecified atom stereocenters. The number of carbonyl (C=O) groups is 1. The molecule has 0 saturated heterocycles. The van der Waals surface area contributed by atoms with E-state index in [0.717, 1.165) is 0 Å². The molecule has 0 aliphatic heterocycles. The number of rotatable bonds is 2. The molecule has 0 saturated carbocycles. The van der Waals surface area contributed by atoms with Crippen molar-refractivity contribution in [3.63, 3.8) is 0 Å². The molecule has 1 aliphatic rings. The summed E-state index contributed by atoms with van der Waals surface area (Å²) in [6.45, 7) is 0.845. The number of hydrogen-bond donors (Lipinski definition) is 5. The van der Waals surface area contributed by atoms with Crippen LogP contribution in [0.25, 0.3) is 0 Å². The van der Waals surface area contributed by atoms with E-state index in [9.17, 15) is 20.1 Å². The largest absolute Gasteiger partial charge is 0.392 e. The average molecular weight is 217 g/mol. The van der Waals surface area contributed by atoms with Gasteiger partial charge in [0.1, 0.15) is 18.3 Å². The summed E-state index contributed by atoms with van der Waals surface area (Å²) < 4.78 is 0. The van der Waals surface area contributed by atoms with E-state index in [2.05, 4.69) is 5.32 Å². The van der Waals surface area contributed by atoms with Gasteiger partial charge in [-0.05, 0) is 5.57 Å². The van der Waals surface area contributed by atoms with Gasteiger partial charge < -0.3 is 25.7 Å². The molecule has 0 aromatic carbocycles. The zero-order chi connectivity index (χ0) is 11.6. The summed E-state index contributed by atoms with van der Waals surface area (Å²) in [6, 6.07) is -0.789. The fourth-order valence-corrected chi connectivity index (χ4v) is 1.55. The Labute approximate surface area is 86.9 Å². The minimum atomic E-state index is -1.41. The second-order valence-electron chi connectivity index (χ2n) is 3.55. The molecule has 0 bridgehead atoms. The Balaban J connectivity index is 2.87. The summed E-state index contributed by atoms with van der Waals surface area (Å²) in [7, 11) is 0. The fraction of sp³-hybridized carbons (Fsp3) is 0.667. The fourth-order valence-electron chi connectivity index (χ4n) is 1.55. The van der Waals surface area contributed by atoms with Crippen LogP contribution in [0.1, 0.15) is 6.92 Å². The molecule has 1 rings (SSSR count). The van der Waals surface area contributed by atoms with E-state index in [1.165, 1.54) is 13.0 Å². The van der Waals surface area contributed by atoms with Crippen molar-refractivity contribution in [2.45, 2.75) is 31.3 Å². The summed E-state index contributed by atoms with van der Waals surface area (Å²) >= 11 is 0. The lowest BCUT2D eigenvalue weighted by Gasteiger charge is -2.34. The van der Waals surface area contributed by atoms with E-state index in [1.54, 1.807) is 0 Å². The van der Waals surface area contributed by atoms with Crippen LogP contribution in [0.5, 0.6) is 0 Å². The van der Waals surface area contributed by atoms with Gasteiger partial charge in [-0.3, -0.25) is 4.79 Å². The Morgan fingerprint density at radius 1 is 1.40 bits per heavy atom. The Hall–Kier alpha value is -0.950. The van der Waals surface area contributed by atoms with Crippen LogP contribution >= 0.6 is 0 Å². The summed E-state index contributed by atoms with van der Waals surface area (Å²) in [4.78, 5) is 10.8. The topological polar surface area (TPSA) is 110 Å². The van der Waals surface area contributed by atoms with Crippen LogP contribution in [0.2, 0.25) is 0 Å². The third kappa shape index (κ3) is 2.54. The molecule has 0 heterocycles. The second-order valence-corrected chi connectivity index (χ2v) is 3.55. The van der Waals surface area contributed by atoms with Crippen molar-refractivity contribution in [1.29, 1.82) is 0 Å². The maximum Gasteiger partial charge on any atom is 0.217 e. The van der Waals surface area contributed by atoms with Crippen LogP contribution in [0.4, 0.5) is 0 Å². The first-order valence-corrected chi connectivity index (χ1v) is 4.60. The lowest BCUT2D eigenvalue weighted by molar-refractivity contribution is -0.122. The van der Waals surface area contributed by atoms with Gasteiger partial charge in [-0.1, -0.05) is 6.08 Å². The third-order valence-electron chi connectivity index (χ3n) is 2.37. The van der Waals surface area contributed by atoms with Gasteiger partial charge in [-0.15, -0.1) is 0 Å². The molecule has 0 fully saturated rings. The van der Waals surface area contributed by atoms with Gasteiger partial charge in [0.05, 0.1) is 12.6 Å². The van der Waals surface area contributed by atoms with Gasteiger partial charge >= 0.3 is 0 Å². The minimum Gasteiger partial charge on any atom is -0.392 e. The third-order valence-corrected chi connectivity index (χ3v) is 2.37. The van der Waals surface area contributed by atoms with E-state index in [0.29, 0.717) is 0 Å². The van der Waals surface area contributed by atoms with E-state index >= 15 is 0 Å². The van der Waals surface area contributed by atoms with Crippen molar-refractivity contribution in [3.8, 4) is 0 Å². The SMILES string of the molecule is CC(=O)NC1C=C(CO)C(O)C(O)C1O. The number of hydrogen-bond acceptors (Lipinski definition) is 5.